The molecular formula is C17H26N4O5S. The number of nitro groups is 1. The van der Waals surface area contributed by atoms with E-state index in [9.17, 15) is 18.5 Å². The standard InChI is InChI=1S/C17H26N4O5S/c1-2-5-18-6-8-19(9-7-18)16-4-3-15(14-17(16)21(22)23)27(24,25)20-10-12-26-13-11-20/h3-4,14H,2,5-13H2,1H3. The quantitative estimate of drug-likeness (QED) is 0.524. The third kappa shape index (κ3) is 4.40. The highest BCUT2D eigenvalue weighted by atomic mass is 32.2. The molecule has 3 rings (SSSR count). The number of hydrogen-bond acceptors (Lipinski definition) is 7. The molecule has 0 aliphatic carbocycles. The van der Waals surface area contributed by atoms with E-state index < -0.39 is 14.9 Å². The highest BCUT2D eigenvalue weighted by Crippen LogP contribution is 2.32. The summed E-state index contributed by atoms with van der Waals surface area (Å²) in [6, 6.07) is 4.24. The van der Waals surface area contributed by atoms with Crippen LogP contribution < -0.4 is 4.90 Å². The number of morpholine rings is 1. The maximum atomic E-state index is 12.8. The molecule has 0 saturated carbocycles. The molecule has 150 valence electrons. The van der Waals surface area contributed by atoms with Crippen LogP contribution in [-0.4, -0.2) is 81.6 Å². The van der Waals surface area contributed by atoms with Crippen LogP contribution in [-0.2, 0) is 14.8 Å². The van der Waals surface area contributed by atoms with E-state index in [-0.39, 0.29) is 23.7 Å². The van der Waals surface area contributed by atoms with Crippen LogP contribution in [0.4, 0.5) is 11.4 Å². The summed E-state index contributed by atoms with van der Waals surface area (Å²) >= 11 is 0. The molecule has 0 aromatic heterocycles. The molecule has 10 heteroatoms. The minimum Gasteiger partial charge on any atom is -0.379 e. The molecule has 1 aromatic rings. The second-order valence-electron chi connectivity index (χ2n) is 6.75. The molecule has 0 amide bonds. The van der Waals surface area contributed by atoms with E-state index in [1.54, 1.807) is 6.07 Å². The second-order valence-corrected chi connectivity index (χ2v) is 8.69. The van der Waals surface area contributed by atoms with Crippen LogP contribution in [0.15, 0.2) is 23.1 Å². The maximum absolute atomic E-state index is 12.8. The Morgan fingerprint density at radius 1 is 1.11 bits per heavy atom. The van der Waals surface area contributed by atoms with Gasteiger partial charge in [0.1, 0.15) is 5.69 Å². The molecule has 0 bridgehead atoms. The number of ether oxygens (including phenoxy) is 1. The molecule has 2 heterocycles. The topological polar surface area (TPSA) is 96.2 Å². The number of hydrogen-bond donors (Lipinski definition) is 0. The highest BCUT2D eigenvalue weighted by Gasteiger charge is 2.30. The number of nitro benzene ring substituents is 1. The van der Waals surface area contributed by atoms with Crippen LogP contribution in [0.25, 0.3) is 0 Å². The molecular weight excluding hydrogens is 372 g/mol. The maximum Gasteiger partial charge on any atom is 0.293 e. The van der Waals surface area contributed by atoms with Crippen LogP contribution >= 0.6 is 0 Å². The lowest BCUT2D eigenvalue weighted by Crippen LogP contribution is -2.46. The third-order valence-electron chi connectivity index (χ3n) is 5.00. The summed E-state index contributed by atoms with van der Waals surface area (Å²) in [5.41, 5.74) is 0.324. The van der Waals surface area contributed by atoms with Crippen LogP contribution in [0.5, 0.6) is 0 Å². The normalized spacial score (nSPS) is 20.0. The fraction of sp³-hybridized carbons (Fsp3) is 0.647. The summed E-state index contributed by atoms with van der Waals surface area (Å²) < 4.78 is 32.1. The molecule has 2 saturated heterocycles. The fourth-order valence-electron chi connectivity index (χ4n) is 3.54. The Morgan fingerprint density at radius 3 is 2.37 bits per heavy atom. The zero-order valence-corrected chi connectivity index (χ0v) is 16.4. The first-order chi connectivity index (χ1) is 12.9. The zero-order valence-electron chi connectivity index (χ0n) is 15.5. The summed E-state index contributed by atoms with van der Waals surface area (Å²) in [6.45, 7) is 7.42. The van der Waals surface area contributed by atoms with Crippen molar-refractivity contribution in [2.24, 2.45) is 0 Å². The number of nitrogens with zero attached hydrogens (tertiary/aromatic N) is 4. The zero-order chi connectivity index (χ0) is 19.4. The number of anilines is 1. The monoisotopic (exact) mass is 398 g/mol. The Balaban J connectivity index is 1.84. The molecule has 2 fully saturated rings. The molecule has 0 atom stereocenters. The van der Waals surface area contributed by atoms with Gasteiger partial charge in [-0.1, -0.05) is 6.92 Å². The second kappa shape index (κ2) is 8.51. The van der Waals surface area contributed by atoms with Gasteiger partial charge in [0.15, 0.2) is 0 Å². The lowest BCUT2D eigenvalue weighted by atomic mass is 10.2. The lowest BCUT2D eigenvalue weighted by Gasteiger charge is -2.35. The molecule has 0 N–H and O–H groups in total. The number of piperazine rings is 1. The van der Waals surface area contributed by atoms with Crippen molar-refractivity contribution in [2.75, 3.05) is 63.9 Å². The van der Waals surface area contributed by atoms with E-state index >= 15 is 0 Å². The van der Waals surface area contributed by atoms with Gasteiger partial charge in [-0.3, -0.25) is 15.0 Å². The highest BCUT2D eigenvalue weighted by molar-refractivity contribution is 7.89. The Bertz CT molecular complexity index is 772. The van der Waals surface area contributed by atoms with Crippen molar-refractivity contribution < 1.29 is 18.1 Å². The molecule has 0 radical (unpaired) electrons. The van der Waals surface area contributed by atoms with Crippen LogP contribution in [0.1, 0.15) is 13.3 Å². The Kier molecular flexibility index (Phi) is 6.30. The van der Waals surface area contributed by atoms with Gasteiger partial charge in [-0.05, 0) is 25.1 Å². The van der Waals surface area contributed by atoms with Crippen molar-refractivity contribution in [2.45, 2.75) is 18.2 Å². The number of rotatable bonds is 6. The van der Waals surface area contributed by atoms with Crippen molar-refractivity contribution >= 4 is 21.4 Å². The Hall–Kier alpha value is -1.75. The van der Waals surface area contributed by atoms with E-state index in [2.05, 4.69) is 11.8 Å². The molecule has 1 aromatic carbocycles. The fourth-order valence-corrected chi connectivity index (χ4v) is 4.97. The SMILES string of the molecule is CCCN1CCN(c2ccc(S(=O)(=O)N3CCOCC3)cc2[N+](=O)[O-])CC1. The summed E-state index contributed by atoms with van der Waals surface area (Å²) in [6.07, 6.45) is 1.08. The molecule has 9 nitrogen and oxygen atoms in total. The minimum absolute atomic E-state index is 0.0375. The average Bonchev–Trinajstić information content (AvgIpc) is 2.69. The summed E-state index contributed by atoms with van der Waals surface area (Å²) in [5.74, 6) is 0. The first-order valence-corrected chi connectivity index (χ1v) is 10.7. The van der Waals surface area contributed by atoms with Gasteiger partial charge in [0.25, 0.3) is 5.69 Å². The van der Waals surface area contributed by atoms with E-state index in [1.165, 1.54) is 16.4 Å². The summed E-state index contributed by atoms with van der Waals surface area (Å²) in [4.78, 5) is 15.4. The Labute approximate surface area is 159 Å². The molecule has 0 unspecified atom stereocenters. The molecule has 27 heavy (non-hydrogen) atoms. The van der Waals surface area contributed by atoms with Gasteiger partial charge >= 0.3 is 0 Å². The predicted octanol–water partition coefficient (Wildman–Crippen LogP) is 1.15. The van der Waals surface area contributed by atoms with E-state index in [0.717, 1.165) is 26.1 Å². The van der Waals surface area contributed by atoms with Gasteiger partial charge in [0.2, 0.25) is 10.0 Å². The van der Waals surface area contributed by atoms with Crippen LogP contribution in [0.2, 0.25) is 0 Å². The van der Waals surface area contributed by atoms with E-state index in [4.69, 9.17) is 4.74 Å². The van der Waals surface area contributed by atoms with Crippen molar-refractivity contribution in [1.29, 1.82) is 0 Å². The van der Waals surface area contributed by atoms with Gasteiger partial charge in [0.05, 0.1) is 23.0 Å². The molecule has 0 spiro atoms. The first-order valence-electron chi connectivity index (χ1n) is 9.27. The molecule has 2 aliphatic heterocycles. The van der Waals surface area contributed by atoms with Crippen molar-refractivity contribution in [3.8, 4) is 0 Å². The van der Waals surface area contributed by atoms with E-state index in [0.29, 0.717) is 32.0 Å². The predicted molar refractivity (Wildman–Crippen MR) is 102 cm³/mol. The summed E-state index contributed by atoms with van der Waals surface area (Å²) in [7, 11) is -3.76. The van der Waals surface area contributed by atoms with Crippen LogP contribution in [0.3, 0.4) is 0 Å². The minimum atomic E-state index is -3.76. The molecule has 2 aliphatic rings. The van der Waals surface area contributed by atoms with Gasteiger partial charge in [-0.15, -0.1) is 0 Å². The lowest BCUT2D eigenvalue weighted by molar-refractivity contribution is -0.384. The van der Waals surface area contributed by atoms with Gasteiger partial charge < -0.3 is 9.64 Å². The summed E-state index contributed by atoms with van der Waals surface area (Å²) in [5, 5.41) is 11.6. The number of benzene rings is 1. The van der Waals surface area contributed by atoms with Crippen molar-refractivity contribution in [3.05, 3.63) is 28.3 Å². The Morgan fingerprint density at radius 2 is 1.78 bits per heavy atom. The average molecular weight is 398 g/mol. The van der Waals surface area contributed by atoms with Gasteiger partial charge in [-0.2, -0.15) is 4.31 Å². The van der Waals surface area contributed by atoms with E-state index in [1.807, 2.05) is 4.90 Å². The first kappa shape index (κ1) is 20.0. The van der Waals surface area contributed by atoms with Crippen molar-refractivity contribution in [3.63, 3.8) is 0 Å². The third-order valence-corrected chi connectivity index (χ3v) is 6.90. The van der Waals surface area contributed by atoms with Crippen molar-refractivity contribution in [1.82, 2.24) is 9.21 Å². The van der Waals surface area contributed by atoms with Gasteiger partial charge in [-0.25, -0.2) is 8.42 Å². The van der Waals surface area contributed by atoms with Gasteiger partial charge in [0, 0.05) is 45.3 Å². The van der Waals surface area contributed by atoms with Crippen LogP contribution in [0, 0.1) is 10.1 Å². The number of sulfonamides is 1. The largest absolute Gasteiger partial charge is 0.379 e. The smallest absolute Gasteiger partial charge is 0.293 e.